The van der Waals surface area contributed by atoms with Crippen LogP contribution in [-0.2, 0) is 0 Å². The van der Waals surface area contributed by atoms with Crippen LogP contribution in [0.2, 0.25) is 0 Å². The Hall–Kier alpha value is -0.900. The maximum absolute atomic E-state index is 7.56. The third-order valence-corrected chi connectivity index (χ3v) is 2.72. The third kappa shape index (κ3) is 0.948. The number of rotatable bonds is 1. The van der Waals surface area contributed by atoms with Gasteiger partial charge in [0.15, 0.2) is 0 Å². The smallest absolute Gasteiger partial charge is 0.141 e. The van der Waals surface area contributed by atoms with Crippen molar-refractivity contribution in [3.05, 3.63) is 0 Å². The molecule has 0 saturated carbocycles. The molecule has 2 heterocycles. The van der Waals surface area contributed by atoms with E-state index >= 15 is 0 Å². The van der Waals surface area contributed by atoms with Gasteiger partial charge < -0.3 is 15.6 Å². The molecule has 2 aliphatic rings. The van der Waals surface area contributed by atoms with Crippen LogP contribution in [0.4, 0.5) is 0 Å². The van der Waals surface area contributed by atoms with Gasteiger partial charge in [-0.3, -0.25) is 5.41 Å². The lowest BCUT2D eigenvalue weighted by molar-refractivity contribution is 0.00787. The van der Waals surface area contributed by atoms with Gasteiger partial charge in [-0.05, 0) is 6.92 Å². The fourth-order valence-electron chi connectivity index (χ4n) is 1.86. The Bertz CT molecular complexity index is 233. The van der Waals surface area contributed by atoms with Gasteiger partial charge in [0.1, 0.15) is 5.84 Å². The van der Waals surface area contributed by atoms with Crippen LogP contribution >= 0.6 is 0 Å². The Labute approximate surface area is 72.0 Å². The van der Waals surface area contributed by atoms with Crippen LogP contribution in [0, 0.1) is 16.2 Å². The van der Waals surface area contributed by atoms with Crippen molar-refractivity contribution in [2.45, 2.75) is 6.92 Å². The maximum Gasteiger partial charge on any atom is 0.141 e. The molecule has 66 valence electrons. The van der Waals surface area contributed by atoms with Crippen LogP contribution in [0.5, 0.6) is 0 Å². The van der Waals surface area contributed by atoms with Crippen molar-refractivity contribution in [1.82, 2.24) is 10.2 Å². The number of likely N-dealkylation sites (tertiary alicyclic amines) is 1. The van der Waals surface area contributed by atoms with Crippen molar-refractivity contribution >= 4 is 11.5 Å². The molecule has 2 rings (SSSR count). The second-order valence-corrected chi connectivity index (χ2v) is 3.93. The zero-order chi connectivity index (χ0) is 8.77. The van der Waals surface area contributed by atoms with Gasteiger partial charge in [0.05, 0.1) is 5.71 Å². The number of nitrogens with one attached hydrogen (secondary N) is 3. The van der Waals surface area contributed by atoms with Gasteiger partial charge in [-0.15, -0.1) is 0 Å². The average Bonchev–Trinajstić information content (AvgIpc) is 1.80. The highest BCUT2D eigenvalue weighted by Crippen LogP contribution is 2.33. The molecule has 2 aliphatic heterocycles. The molecule has 3 N–H and O–H groups in total. The lowest BCUT2D eigenvalue weighted by Crippen LogP contribution is -2.72. The van der Waals surface area contributed by atoms with Crippen molar-refractivity contribution in [2.24, 2.45) is 5.41 Å². The highest BCUT2D eigenvalue weighted by molar-refractivity contribution is 6.38. The van der Waals surface area contributed by atoms with Crippen LogP contribution < -0.4 is 5.32 Å². The van der Waals surface area contributed by atoms with E-state index < -0.39 is 0 Å². The minimum Gasteiger partial charge on any atom is -0.354 e. The first-order valence-electron chi connectivity index (χ1n) is 4.23. The quantitative estimate of drug-likeness (QED) is 0.376. The number of nitrogens with zero attached hydrogens (tertiary/aromatic N) is 1. The van der Waals surface area contributed by atoms with E-state index in [2.05, 4.69) is 5.32 Å². The summed E-state index contributed by atoms with van der Waals surface area (Å²) in [6.45, 7) is 5.79. The molecular weight excluding hydrogens is 152 g/mol. The molecule has 1 spiro atoms. The maximum atomic E-state index is 7.56. The minimum atomic E-state index is 0.372. The molecule has 0 radical (unpaired) electrons. The summed E-state index contributed by atoms with van der Waals surface area (Å²) in [6, 6.07) is 0. The molecule has 0 aromatic rings. The molecule has 0 amide bonds. The highest BCUT2D eigenvalue weighted by atomic mass is 15.3. The van der Waals surface area contributed by atoms with E-state index in [4.69, 9.17) is 10.8 Å². The number of hydrogen-bond acceptors (Lipinski definition) is 3. The van der Waals surface area contributed by atoms with E-state index in [1.54, 1.807) is 6.92 Å². The highest BCUT2D eigenvalue weighted by Gasteiger charge is 2.48. The van der Waals surface area contributed by atoms with E-state index in [0.717, 1.165) is 26.2 Å². The molecule has 4 heteroatoms. The van der Waals surface area contributed by atoms with Gasteiger partial charge >= 0.3 is 0 Å². The largest absolute Gasteiger partial charge is 0.354 e. The predicted molar refractivity (Wildman–Crippen MR) is 48.0 cm³/mol. The van der Waals surface area contributed by atoms with E-state index in [0.29, 0.717) is 17.0 Å². The predicted octanol–water partition coefficient (Wildman–Crippen LogP) is -0.0915. The first-order valence-corrected chi connectivity index (χ1v) is 4.23. The van der Waals surface area contributed by atoms with Crippen LogP contribution in [0.25, 0.3) is 0 Å². The standard InChI is InChI=1S/C8H14N4/c1-6(9)7(10)12-4-8(5-12)2-11-3-8/h9-11H,2-5H2,1H3. The zero-order valence-corrected chi connectivity index (χ0v) is 7.28. The molecule has 0 bridgehead atoms. The fourth-order valence-corrected chi connectivity index (χ4v) is 1.86. The molecule has 0 aromatic carbocycles. The van der Waals surface area contributed by atoms with Crippen LogP contribution in [0.15, 0.2) is 0 Å². The topological polar surface area (TPSA) is 63.0 Å². The first kappa shape index (κ1) is 7.73. The third-order valence-electron chi connectivity index (χ3n) is 2.72. The second kappa shape index (κ2) is 2.29. The van der Waals surface area contributed by atoms with Crippen molar-refractivity contribution < 1.29 is 0 Å². The molecule has 4 nitrogen and oxygen atoms in total. The molecule has 0 aliphatic carbocycles. The van der Waals surface area contributed by atoms with Crippen molar-refractivity contribution in [3.63, 3.8) is 0 Å². The normalized spacial score (nSPS) is 24.6. The zero-order valence-electron chi connectivity index (χ0n) is 7.28. The Morgan fingerprint density at radius 1 is 1.33 bits per heavy atom. The average molecular weight is 166 g/mol. The van der Waals surface area contributed by atoms with E-state index in [-0.39, 0.29) is 0 Å². The molecule has 12 heavy (non-hydrogen) atoms. The Morgan fingerprint density at radius 2 is 1.92 bits per heavy atom. The molecule has 2 fully saturated rings. The van der Waals surface area contributed by atoms with Gasteiger partial charge in [-0.25, -0.2) is 0 Å². The molecule has 0 atom stereocenters. The van der Waals surface area contributed by atoms with Crippen molar-refractivity contribution in [1.29, 1.82) is 10.8 Å². The van der Waals surface area contributed by atoms with Crippen molar-refractivity contribution in [2.75, 3.05) is 26.2 Å². The molecule has 2 saturated heterocycles. The van der Waals surface area contributed by atoms with Crippen LogP contribution in [-0.4, -0.2) is 42.6 Å². The Kier molecular flexibility index (Phi) is 1.48. The van der Waals surface area contributed by atoms with Gasteiger partial charge in [0.2, 0.25) is 0 Å². The number of hydrogen-bond donors (Lipinski definition) is 3. The van der Waals surface area contributed by atoms with Gasteiger partial charge in [-0.1, -0.05) is 0 Å². The SMILES string of the molecule is CC(=N)C(=N)N1CC2(CNC2)C1. The molecular formula is C8H14N4. The van der Waals surface area contributed by atoms with Gasteiger partial charge in [-0.2, -0.15) is 0 Å². The summed E-state index contributed by atoms with van der Waals surface area (Å²) in [5.74, 6) is 0.396. The van der Waals surface area contributed by atoms with E-state index in [1.165, 1.54) is 0 Å². The molecule has 0 unspecified atom stereocenters. The monoisotopic (exact) mass is 166 g/mol. The Balaban J connectivity index is 1.88. The Morgan fingerprint density at radius 3 is 2.25 bits per heavy atom. The van der Waals surface area contributed by atoms with Crippen LogP contribution in [0.3, 0.4) is 0 Å². The summed E-state index contributed by atoms with van der Waals surface area (Å²) in [4.78, 5) is 1.98. The van der Waals surface area contributed by atoms with Gasteiger partial charge in [0, 0.05) is 31.6 Å². The fraction of sp³-hybridized carbons (Fsp3) is 0.750. The first-order chi connectivity index (χ1) is 5.63. The lowest BCUT2D eigenvalue weighted by Gasteiger charge is -2.56. The summed E-state index contributed by atoms with van der Waals surface area (Å²) in [5.41, 5.74) is 0.832. The number of amidine groups is 1. The summed E-state index contributed by atoms with van der Waals surface area (Å²) >= 11 is 0. The summed E-state index contributed by atoms with van der Waals surface area (Å²) < 4.78 is 0. The summed E-state index contributed by atoms with van der Waals surface area (Å²) in [6.07, 6.45) is 0. The van der Waals surface area contributed by atoms with E-state index in [9.17, 15) is 0 Å². The van der Waals surface area contributed by atoms with E-state index in [1.807, 2.05) is 4.90 Å². The van der Waals surface area contributed by atoms with Crippen LogP contribution in [0.1, 0.15) is 6.92 Å². The molecule has 0 aromatic heterocycles. The summed E-state index contributed by atoms with van der Waals surface area (Å²) in [5, 5.41) is 18.1. The van der Waals surface area contributed by atoms with Gasteiger partial charge in [0.25, 0.3) is 0 Å². The lowest BCUT2D eigenvalue weighted by atomic mass is 9.74. The summed E-state index contributed by atoms with van der Waals surface area (Å²) in [7, 11) is 0. The van der Waals surface area contributed by atoms with Crippen molar-refractivity contribution in [3.8, 4) is 0 Å². The minimum absolute atomic E-state index is 0.372. The second-order valence-electron chi connectivity index (χ2n) is 3.93.